The van der Waals surface area contributed by atoms with Crippen LogP contribution in [0.15, 0.2) is 69.3 Å². The largest absolute Gasteiger partial charge is 0.517 e. The lowest BCUT2D eigenvalue weighted by Crippen LogP contribution is -2.18. The standard InChI is InChI=1S/C91H160O9S/c1-7-13-19-25-31-37-43-49-55-64-72-94-82-78-85(96-74-66-57-51-45-39-33-27-21-15-9-3)89(86(79-82)97-75-67-58-52-46-40-34-28-22-16-10-4)101(100-91(92)93,84-70-62-61-63-71-84)90-87(98-76-68-59-53-47-41-35-29-23-17-11-5)80-83(95-73-65-56-50-44-38-32-26-20-14-8-2)81-88(90)99-77-69-60-54-48-42-36-30-24-18-12-6/h61-63,70-71,78-81H,7-60,64-69,72-77H2,1-6H3,(H,92,93). The van der Waals surface area contributed by atoms with Gasteiger partial charge in [-0.25, -0.2) is 4.79 Å². The van der Waals surface area contributed by atoms with E-state index < -0.39 is 16.5 Å². The lowest BCUT2D eigenvalue weighted by Gasteiger charge is -2.41. The number of unbranched alkanes of at least 4 members (excludes halogenated alkanes) is 54. The summed E-state index contributed by atoms with van der Waals surface area (Å²) in [5, 5.41) is 11.7. The van der Waals surface area contributed by atoms with Gasteiger partial charge in [0.25, 0.3) is 0 Å². The van der Waals surface area contributed by atoms with E-state index in [-0.39, 0.29) is 0 Å². The van der Waals surface area contributed by atoms with Gasteiger partial charge in [-0.1, -0.05) is 406 Å². The van der Waals surface area contributed by atoms with Crippen LogP contribution < -0.4 is 28.4 Å². The fraction of sp³-hybridized carbons (Fsp3) is 0.791. The van der Waals surface area contributed by atoms with Crippen molar-refractivity contribution < 1.29 is 42.5 Å². The van der Waals surface area contributed by atoms with E-state index in [1.807, 2.05) is 54.6 Å². The van der Waals surface area contributed by atoms with Gasteiger partial charge in [0.1, 0.15) is 44.3 Å². The zero-order valence-electron chi connectivity index (χ0n) is 67.0. The van der Waals surface area contributed by atoms with Crippen LogP contribution in [-0.2, 0) is 4.18 Å². The van der Waals surface area contributed by atoms with Crippen LogP contribution >= 0.6 is 10.3 Å². The third-order valence-electron chi connectivity index (χ3n) is 20.4. The van der Waals surface area contributed by atoms with Crippen molar-refractivity contribution in [3.05, 3.63) is 54.6 Å². The minimum atomic E-state index is -3.45. The van der Waals surface area contributed by atoms with Gasteiger partial charge in [-0.2, -0.15) is 0 Å². The number of hydrogen-bond donors (Lipinski definition) is 1. The summed E-state index contributed by atoms with van der Waals surface area (Å²) in [4.78, 5) is 16.2. The first kappa shape index (κ1) is 91.3. The molecule has 0 aliphatic heterocycles. The number of carboxylic acid groups (broad SMARTS) is 1. The molecule has 0 spiro atoms. The molecule has 3 rings (SSSR count). The van der Waals surface area contributed by atoms with Crippen molar-refractivity contribution in [2.45, 2.75) is 441 Å². The molecular weight excluding hydrogens is 1270 g/mol. The van der Waals surface area contributed by atoms with E-state index in [0.717, 1.165) is 103 Å². The fourth-order valence-electron chi connectivity index (χ4n) is 14.1. The van der Waals surface area contributed by atoms with E-state index in [9.17, 15) is 9.90 Å². The molecule has 3 aromatic carbocycles. The number of carbonyl (C=O) groups is 1. The minimum Gasteiger partial charge on any atom is -0.493 e. The third kappa shape index (κ3) is 45.3. The van der Waals surface area contributed by atoms with Crippen molar-refractivity contribution in [2.75, 3.05) is 39.6 Å². The van der Waals surface area contributed by atoms with E-state index in [1.54, 1.807) is 0 Å². The Hall–Kier alpha value is -3.92. The van der Waals surface area contributed by atoms with Crippen LogP contribution in [0.4, 0.5) is 4.79 Å². The second-order valence-corrected chi connectivity index (χ2v) is 32.5. The molecule has 3 aromatic rings. The first-order valence-corrected chi connectivity index (χ1v) is 45.4. The zero-order valence-corrected chi connectivity index (χ0v) is 67.8. The third-order valence-corrected chi connectivity index (χ3v) is 23.7. The predicted octanol–water partition coefficient (Wildman–Crippen LogP) is 31.4. The first-order chi connectivity index (χ1) is 49.9. The maximum Gasteiger partial charge on any atom is 0.517 e. The highest BCUT2D eigenvalue weighted by Crippen LogP contribution is 2.77. The summed E-state index contributed by atoms with van der Waals surface area (Å²) >= 11 is 0. The highest BCUT2D eigenvalue weighted by molar-refractivity contribution is 8.30. The Bertz CT molecular complexity index is 2080. The maximum atomic E-state index is 14.4. The van der Waals surface area contributed by atoms with Crippen LogP contribution in [-0.4, -0.2) is 50.9 Å². The molecule has 101 heavy (non-hydrogen) atoms. The summed E-state index contributed by atoms with van der Waals surface area (Å²) in [6, 6.07) is 18.1. The van der Waals surface area contributed by atoms with Crippen molar-refractivity contribution in [1.82, 2.24) is 0 Å². The lowest BCUT2D eigenvalue weighted by molar-refractivity contribution is 0.149. The molecule has 0 aliphatic carbocycles. The van der Waals surface area contributed by atoms with Crippen molar-refractivity contribution in [3.8, 4) is 34.5 Å². The molecule has 10 heteroatoms. The maximum absolute atomic E-state index is 14.4. The average molecular weight is 1430 g/mol. The summed E-state index contributed by atoms with van der Waals surface area (Å²) in [7, 11) is -3.45. The Balaban J connectivity index is 2.33. The van der Waals surface area contributed by atoms with Crippen LogP contribution in [0.25, 0.3) is 0 Å². The monoisotopic (exact) mass is 1430 g/mol. The van der Waals surface area contributed by atoms with E-state index in [4.69, 9.17) is 32.6 Å². The molecule has 0 fully saturated rings. The average Bonchev–Trinajstić information content (AvgIpc) is 0.719. The van der Waals surface area contributed by atoms with E-state index in [0.29, 0.717) is 88.8 Å². The Labute approximate surface area is 625 Å². The first-order valence-electron chi connectivity index (χ1n) is 43.8. The second-order valence-electron chi connectivity index (χ2n) is 29.9. The fourth-order valence-corrected chi connectivity index (χ4v) is 17.4. The Morgan fingerprint density at radius 1 is 0.257 bits per heavy atom. The normalized spacial score (nSPS) is 11.7. The van der Waals surface area contributed by atoms with Crippen LogP contribution in [0, 0.1) is 0 Å². The molecule has 0 saturated carbocycles. The molecule has 0 radical (unpaired) electrons. The Kier molecular flexibility index (Phi) is 60.3. The van der Waals surface area contributed by atoms with Crippen molar-refractivity contribution in [1.29, 1.82) is 0 Å². The predicted molar refractivity (Wildman–Crippen MR) is 435 cm³/mol. The van der Waals surface area contributed by atoms with Gasteiger partial charge in [-0.3, -0.25) is 0 Å². The van der Waals surface area contributed by atoms with Crippen LogP contribution in [0.5, 0.6) is 34.5 Å². The van der Waals surface area contributed by atoms with Gasteiger partial charge in [0.2, 0.25) is 0 Å². The summed E-state index contributed by atoms with van der Waals surface area (Å²) in [5.41, 5.74) is 0. The highest BCUT2D eigenvalue weighted by atomic mass is 32.3. The Morgan fingerprint density at radius 2 is 0.436 bits per heavy atom. The van der Waals surface area contributed by atoms with Crippen molar-refractivity contribution >= 4 is 16.5 Å². The van der Waals surface area contributed by atoms with Crippen LogP contribution in [0.3, 0.4) is 0 Å². The second kappa shape index (κ2) is 66.7. The molecule has 0 bridgehead atoms. The van der Waals surface area contributed by atoms with Gasteiger partial charge in [-0.05, 0) is 50.7 Å². The molecule has 1 N–H and O–H groups in total. The van der Waals surface area contributed by atoms with Crippen molar-refractivity contribution in [2.24, 2.45) is 0 Å². The van der Waals surface area contributed by atoms with Gasteiger partial charge in [0.15, 0.2) is 0 Å². The van der Waals surface area contributed by atoms with Gasteiger partial charge >= 0.3 is 6.16 Å². The lowest BCUT2D eigenvalue weighted by atomic mass is 10.1. The van der Waals surface area contributed by atoms with Gasteiger partial charge in [-0.15, -0.1) is 0 Å². The molecule has 0 amide bonds. The minimum absolute atomic E-state index is 0.441. The van der Waals surface area contributed by atoms with E-state index >= 15 is 0 Å². The molecule has 584 valence electrons. The molecular formula is C91H160O9S. The SMILES string of the molecule is CCCCCCCCCCCCOc1cc(OCCCCCCCCCCCC)c(S(OC(=O)O)(c2ccccc2)c2c(OCCCCCCCCCCCC)cc(OCCCCCCCCCCCC)cc2OCCCCCCCCCCCC)c(OCCCCCCCCCCCC)c1. The molecule has 0 heterocycles. The van der Waals surface area contributed by atoms with E-state index in [2.05, 4.69) is 41.5 Å². The zero-order chi connectivity index (χ0) is 72.3. The molecule has 0 aromatic heterocycles. The number of ether oxygens (including phenoxy) is 6. The molecule has 0 unspecified atom stereocenters. The summed E-state index contributed by atoms with van der Waals surface area (Å²) < 4.78 is 49.9. The number of rotatable bonds is 76. The molecule has 9 nitrogen and oxygen atoms in total. The highest BCUT2D eigenvalue weighted by Gasteiger charge is 2.46. The summed E-state index contributed by atoms with van der Waals surface area (Å²) in [5.74, 6) is 3.38. The van der Waals surface area contributed by atoms with Gasteiger partial charge < -0.3 is 37.7 Å². The quantitative estimate of drug-likeness (QED) is 0.0554. The Morgan fingerprint density at radius 3 is 0.624 bits per heavy atom. The van der Waals surface area contributed by atoms with Crippen molar-refractivity contribution in [3.63, 3.8) is 0 Å². The molecule has 0 saturated heterocycles. The van der Waals surface area contributed by atoms with Crippen LogP contribution in [0.1, 0.15) is 427 Å². The van der Waals surface area contributed by atoms with Crippen LogP contribution in [0.2, 0.25) is 0 Å². The number of hydrogen-bond acceptors (Lipinski definition) is 8. The van der Waals surface area contributed by atoms with E-state index in [1.165, 1.54) is 283 Å². The molecule has 0 aliphatic rings. The van der Waals surface area contributed by atoms with Gasteiger partial charge in [0, 0.05) is 39.5 Å². The van der Waals surface area contributed by atoms with Gasteiger partial charge in [0.05, 0.1) is 39.6 Å². The summed E-state index contributed by atoms with van der Waals surface area (Å²) in [6.07, 6.45) is 71.6. The topological polar surface area (TPSA) is 102 Å². The smallest absolute Gasteiger partial charge is 0.493 e. The molecule has 0 atom stereocenters. The number of benzene rings is 3. The summed E-state index contributed by atoms with van der Waals surface area (Å²) in [6.45, 7) is 16.6.